The van der Waals surface area contributed by atoms with Crippen LogP contribution in [-0.2, 0) is 16.1 Å². The molecule has 4 rings (SSSR count). The molecule has 164 valence electrons. The predicted molar refractivity (Wildman–Crippen MR) is 113 cm³/mol. The Morgan fingerprint density at radius 2 is 1.88 bits per heavy atom. The molecule has 0 N–H and O–H groups in total. The predicted octanol–water partition coefficient (Wildman–Crippen LogP) is 3.79. The topological polar surface area (TPSA) is 80.1 Å². The minimum Gasteiger partial charge on any atom is -0.494 e. The lowest BCUT2D eigenvalue weighted by molar-refractivity contribution is -0.122. The number of imide groups is 1. The number of amides is 3. The highest BCUT2D eigenvalue weighted by Gasteiger charge is 2.45. The molecule has 1 fully saturated rings. The standard InChI is InChI=1S/C24H21FN2O5/c1-2-31-17-11-9-16(10-12-17)27-22(28)14-21(24(27)30)26(15-18-6-5-13-32-18)23(29)19-7-3-4-8-20(19)25/h3-13,21H,2,14-15H2,1H3. The van der Waals surface area contributed by atoms with E-state index in [-0.39, 0.29) is 18.5 Å². The molecule has 0 saturated carbocycles. The molecular formula is C24H21FN2O5. The van der Waals surface area contributed by atoms with Crippen LogP contribution in [0, 0.1) is 5.82 Å². The molecule has 1 aliphatic heterocycles. The number of furan rings is 1. The number of ether oxygens (including phenoxy) is 1. The van der Waals surface area contributed by atoms with Gasteiger partial charge in [0.15, 0.2) is 0 Å². The van der Waals surface area contributed by atoms with E-state index >= 15 is 0 Å². The second-order valence-corrected chi connectivity index (χ2v) is 7.21. The van der Waals surface area contributed by atoms with Gasteiger partial charge in [0.2, 0.25) is 5.91 Å². The van der Waals surface area contributed by atoms with Gasteiger partial charge in [-0.05, 0) is 55.5 Å². The maximum absolute atomic E-state index is 14.3. The fraction of sp³-hybridized carbons (Fsp3) is 0.208. The van der Waals surface area contributed by atoms with E-state index in [0.29, 0.717) is 23.8 Å². The van der Waals surface area contributed by atoms with Crippen LogP contribution in [0.25, 0.3) is 0 Å². The Balaban J connectivity index is 1.65. The lowest BCUT2D eigenvalue weighted by atomic mass is 10.1. The second kappa shape index (κ2) is 9.05. The number of rotatable bonds is 7. The number of halogens is 1. The van der Waals surface area contributed by atoms with E-state index in [0.717, 1.165) is 4.90 Å². The zero-order valence-corrected chi connectivity index (χ0v) is 17.4. The first-order valence-electron chi connectivity index (χ1n) is 10.2. The molecule has 2 aromatic carbocycles. The average molecular weight is 436 g/mol. The number of carbonyl (C=O) groups is 3. The van der Waals surface area contributed by atoms with Crippen molar-refractivity contribution < 1.29 is 27.9 Å². The van der Waals surface area contributed by atoms with E-state index in [9.17, 15) is 18.8 Å². The van der Waals surface area contributed by atoms with Gasteiger partial charge in [0.25, 0.3) is 11.8 Å². The molecule has 8 heteroatoms. The molecule has 0 spiro atoms. The van der Waals surface area contributed by atoms with Crippen LogP contribution in [0.3, 0.4) is 0 Å². The summed E-state index contributed by atoms with van der Waals surface area (Å²) in [6.45, 7) is 2.26. The molecule has 1 saturated heterocycles. The van der Waals surface area contributed by atoms with Gasteiger partial charge in [-0.15, -0.1) is 0 Å². The fourth-order valence-electron chi connectivity index (χ4n) is 3.67. The highest BCUT2D eigenvalue weighted by atomic mass is 19.1. The molecule has 0 bridgehead atoms. The van der Waals surface area contributed by atoms with Gasteiger partial charge in [-0.1, -0.05) is 12.1 Å². The number of hydrogen-bond acceptors (Lipinski definition) is 5. The van der Waals surface area contributed by atoms with Gasteiger partial charge in [0.1, 0.15) is 23.4 Å². The Morgan fingerprint density at radius 1 is 1.12 bits per heavy atom. The van der Waals surface area contributed by atoms with Crippen molar-refractivity contribution in [3.63, 3.8) is 0 Å². The van der Waals surface area contributed by atoms with Crippen molar-refractivity contribution in [3.8, 4) is 5.75 Å². The number of benzene rings is 2. The largest absolute Gasteiger partial charge is 0.494 e. The zero-order valence-electron chi connectivity index (χ0n) is 17.4. The molecule has 1 unspecified atom stereocenters. The lowest BCUT2D eigenvalue weighted by Crippen LogP contribution is -2.45. The lowest BCUT2D eigenvalue weighted by Gasteiger charge is -2.27. The van der Waals surface area contributed by atoms with Crippen molar-refractivity contribution in [2.75, 3.05) is 11.5 Å². The monoisotopic (exact) mass is 436 g/mol. The van der Waals surface area contributed by atoms with Crippen molar-refractivity contribution >= 4 is 23.4 Å². The Morgan fingerprint density at radius 3 is 2.53 bits per heavy atom. The summed E-state index contributed by atoms with van der Waals surface area (Å²) in [6.07, 6.45) is 1.22. The number of hydrogen-bond donors (Lipinski definition) is 0. The van der Waals surface area contributed by atoms with Crippen LogP contribution >= 0.6 is 0 Å². The summed E-state index contributed by atoms with van der Waals surface area (Å²) < 4.78 is 25.1. The van der Waals surface area contributed by atoms with Crippen LogP contribution in [0.4, 0.5) is 10.1 Å². The Kier molecular flexibility index (Phi) is 6.02. The summed E-state index contributed by atoms with van der Waals surface area (Å²) in [5, 5.41) is 0. The van der Waals surface area contributed by atoms with Crippen LogP contribution in [-0.4, -0.2) is 35.3 Å². The maximum Gasteiger partial charge on any atom is 0.257 e. The molecule has 3 amide bonds. The van der Waals surface area contributed by atoms with Crippen molar-refractivity contribution in [1.29, 1.82) is 0 Å². The maximum atomic E-state index is 14.3. The summed E-state index contributed by atoms with van der Waals surface area (Å²) in [5.41, 5.74) is 0.195. The zero-order chi connectivity index (χ0) is 22.7. The highest BCUT2D eigenvalue weighted by molar-refractivity contribution is 6.23. The Bertz CT molecular complexity index is 1130. The molecule has 32 heavy (non-hydrogen) atoms. The summed E-state index contributed by atoms with van der Waals surface area (Å²) in [4.78, 5) is 41.5. The first kappa shape index (κ1) is 21.3. The highest BCUT2D eigenvalue weighted by Crippen LogP contribution is 2.29. The summed E-state index contributed by atoms with van der Waals surface area (Å²) in [5.74, 6) is -1.39. The molecule has 0 radical (unpaired) electrons. The molecular weight excluding hydrogens is 415 g/mol. The number of anilines is 1. The Hall–Kier alpha value is -3.94. The first-order chi connectivity index (χ1) is 15.5. The third kappa shape index (κ3) is 4.12. The van der Waals surface area contributed by atoms with Gasteiger partial charge in [-0.25, -0.2) is 9.29 Å². The van der Waals surface area contributed by atoms with Crippen molar-refractivity contribution in [1.82, 2.24) is 4.90 Å². The number of carbonyl (C=O) groups excluding carboxylic acids is 3. The minimum absolute atomic E-state index is 0.0824. The minimum atomic E-state index is -1.09. The van der Waals surface area contributed by atoms with Crippen LogP contribution in [0.5, 0.6) is 5.75 Å². The van der Waals surface area contributed by atoms with E-state index in [1.165, 1.54) is 35.4 Å². The first-order valence-corrected chi connectivity index (χ1v) is 10.2. The molecule has 1 atom stereocenters. The van der Waals surface area contributed by atoms with Crippen LogP contribution in [0.15, 0.2) is 71.3 Å². The van der Waals surface area contributed by atoms with Gasteiger partial charge < -0.3 is 14.1 Å². The van der Waals surface area contributed by atoms with Crippen LogP contribution in [0.2, 0.25) is 0 Å². The smallest absolute Gasteiger partial charge is 0.257 e. The van der Waals surface area contributed by atoms with E-state index in [1.807, 2.05) is 6.92 Å². The molecule has 3 aromatic rings. The van der Waals surface area contributed by atoms with Gasteiger partial charge in [-0.3, -0.25) is 14.4 Å². The number of nitrogens with zero attached hydrogens (tertiary/aromatic N) is 2. The average Bonchev–Trinajstić information content (AvgIpc) is 3.40. The van der Waals surface area contributed by atoms with E-state index < -0.39 is 29.6 Å². The normalized spacial score (nSPS) is 15.8. The van der Waals surface area contributed by atoms with E-state index in [1.54, 1.807) is 36.4 Å². The summed E-state index contributed by atoms with van der Waals surface area (Å²) >= 11 is 0. The van der Waals surface area contributed by atoms with Crippen molar-refractivity contribution in [2.24, 2.45) is 0 Å². The molecule has 7 nitrogen and oxygen atoms in total. The van der Waals surface area contributed by atoms with Gasteiger partial charge in [0.05, 0.1) is 37.1 Å². The van der Waals surface area contributed by atoms with Gasteiger partial charge >= 0.3 is 0 Å². The molecule has 0 aliphatic carbocycles. The second-order valence-electron chi connectivity index (χ2n) is 7.21. The third-order valence-electron chi connectivity index (χ3n) is 5.18. The molecule has 2 heterocycles. The third-order valence-corrected chi connectivity index (χ3v) is 5.18. The van der Waals surface area contributed by atoms with Crippen LogP contribution < -0.4 is 9.64 Å². The fourth-order valence-corrected chi connectivity index (χ4v) is 3.67. The van der Waals surface area contributed by atoms with Crippen molar-refractivity contribution in [3.05, 3.63) is 84.1 Å². The van der Waals surface area contributed by atoms with Crippen LogP contribution in [0.1, 0.15) is 29.5 Å². The van der Waals surface area contributed by atoms with Gasteiger partial charge in [0, 0.05) is 0 Å². The van der Waals surface area contributed by atoms with Crippen molar-refractivity contribution in [2.45, 2.75) is 25.9 Å². The summed E-state index contributed by atoms with van der Waals surface area (Å²) in [7, 11) is 0. The Labute approximate surface area is 184 Å². The quantitative estimate of drug-likeness (QED) is 0.527. The summed E-state index contributed by atoms with van der Waals surface area (Å²) in [6, 6.07) is 14.3. The van der Waals surface area contributed by atoms with E-state index in [4.69, 9.17) is 9.15 Å². The SMILES string of the molecule is CCOc1ccc(N2C(=O)CC(N(Cc3ccco3)C(=O)c3ccccc3F)C2=O)cc1. The molecule has 1 aromatic heterocycles. The molecule has 1 aliphatic rings. The van der Waals surface area contributed by atoms with E-state index in [2.05, 4.69) is 0 Å². The van der Waals surface area contributed by atoms with Gasteiger partial charge in [-0.2, -0.15) is 0 Å².